The fourth-order valence-electron chi connectivity index (χ4n) is 3.99. The minimum Gasteiger partial charge on any atom is -0.356 e. The summed E-state index contributed by atoms with van der Waals surface area (Å²) >= 11 is 0. The molecule has 26 heavy (non-hydrogen) atoms. The van der Waals surface area contributed by atoms with Crippen molar-refractivity contribution in [3.63, 3.8) is 0 Å². The van der Waals surface area contributed by atoms with Crippen LogP contribution in [-0.2, 0) is 4.79 Å². The normalized spacial score (nSPS) is 20.6. The van der Waals surface area contributed by atoms with E-state index in [0.29, 0.717) is 13.0 Å². The van der Waals surface area contributed by atoms with Crippen molar-refractivity contribution in [2.24, 2.45) is 10.9 Å². The number of nitrogens with one attached hydrogen (secondary N) is 3. The van der Waals surface area contributed by atoms with Crippen molar-refractivity contribution >= 4 is 41.5 Å². The summed E-state index contributed by atoms with van der Waals surface area (Å²) in [5.41, 5.74) is 2.14. The Morgan fingerprint density at radius 3 is 2.73 bits per heavy atom. The molecule has 1 fully saturated rings. The highest BCUT2D eigenvalue weighted by Crippen LogP contribution is 2.31. The Labute approximate surface area is 173 Å². The van der Waals surface area contributed by atoms with E-state index in [4.69, 9.17) is 0 Å². The van der Waals surface area contributed by atoms with Crippen LogP contribution < -0.4 is 16.0 Å². The van der Waals surface area contributed by atoms with Gasteiger partial charge in [0.1, 0.15) is 0 Å². The number of rotatable bonds is 5. The molecule has 3 rings (SSSR count). The summed E-state index contributed by atoms with van der Waals surface area (Å²) in [6, 6.07) is 8.05. The molecule has 5 nitrogen and oxygen atoms in total. The lowest BCUT2D eigenvalue weighted by Gasteiger charge is -2.26. The molecule has 1 aromatic rings. The molecular formula is C20H31IN4O. The fourth-order valence-corrected chi connectivity index (χ4v) is 3.99. The van der Waals surface area contributed by atoms with Gasteiger partial charge in [-0.1, -0.05) is 50.3 Å². The van der Waals surface area contributed by atoms with Crippen molar-refractivity contribution in [3.8, 4) is 0 Å². The van der Waals surface area contributed by atoms with Gasteiger partial charge >= 0.3 is 0 Å². The molecule has 3 N–H and O–H groups in total. The number of carbonyl (C=O) groups is 1. The van der Waals surface area contributed by atoms with Crippen LogP contribution in [-0.4, -0.2) is 32.0 Å². The second-order valence-electron chi connectivity index (χ2n) is 7.21. The smallest absolute Gasteiger partial charge is 0.225 e. The third-order valence-corrected chi connectivity index (χ3v) is 5.42. The molecular weight excluding hydrogens is 439 g/mol. The zero-order valence-corrected chi connectivity index (χ0v) is 17.9. The van der Waals surface area contributed by atoms with Crippen molar-refractivity contribution in [1.29, 1.82) is 0 Å². The maximum atomic E-state index is 11.9. The van der Waals surface area contributed by atoms with E-state index in [1.165, 1.54) is 44.1 Å². The molecule has 144 valence electrons. The van der Waals surface area contributed by atoms with Gasteiger partial charge in [0.15, 0.2) is 5.96 Å². The van der Waals surface area contributed by atoms with Gasteiger partial charge in [-0.3, -0.25) is 9.79 Å². The predicted molar refractivity (Wildman–Crippen MR) is 118 cm³/mol. The van der Waals surface area contributed by atoms with Crippen LogP contribution in [0.3, 0.4) is 0 Å². The first kappa shape index (κ1) is 21.0. The van der Waals surface area contributed by atoms with E-state index < -0.39 is 0 Å². The summed E-state index contributed by atoms with van der Waals surface area (Å²) in [5.74, 6) is 1.97. The summed E-state index contributed by atoms with van der Waals surface area (Å²) in [4.78, 5) is 16.2. The third-order valence-electron chi connectivity index (χ3n) is 5.42. The van der Waals surface area contributed by atoms with Crippen LogP contribution in [0.2, 0.25) is 0 Å². The van der Waals surface area contributed by atoms with Crippen LogP contribution in [0, 0.1) is 5.92 Å². The Bertz CT molecular complexity index is 614. The number of fused-ring (bicyclic) bond motifs is 1. The van der Waals surface area contributed by atoms with Gasteiger partial charge in [0, 0.05) is 38.2 Å². The Morgan fingerprint density at radius 1 is 1.19 bits per heavy atom. The lowest BCUT2D eigenvalue weighted by Crippen LogP contribution is -2.41. The van der Waals surface area contributed by atoms with Gasteiger partial charge in [0.2, 0.25) is 5.91 Å². The summed E-state index contributed by atoms with van der Waals surface area (Å²) in [6.45, 7) is 1.68. The number of benzene rings is 1. The van der Waals surface area contributed by atoms with Crippen molar-refractivity contribution in [2.75, 3.05) is 25.5 Å². The van der Waals surface area contributed by atoms with E-state index in [0.717, 1.165) is 24.1 Å². The number of halogens is 1. The quantitative estimate of drug-likeness (QED) is 0.348. The van der Waals surface area contributed by atoms with Crippen molar-refractivity contribution in [2.45, 2.75) is 50.9 Å². The minimum atomic E-state index is 0. The average molecular weight is 470 g/mol. The third kappa shape index (κ3) is 5.86. The largest absolute Gasteiger partial charge is 0.356 e. The Hall–Kier alpha value is -1.31. The van der Waals surface area contributed by atoms with E-state index in [2.05, 4.69) is 27.0 Å². The minimum absolute atomic E-state index is 0. The monoisotopic (exact) mass is 470 g/mol. The van der Waals surface area contributed by atoms with Crippen LogP contribution in [0.4, 0.5) is 5.69 Å². The molecule has 1 heterocycles. The second-order valence-corrected chi connectivity index (χ2v) is 7.21. The van der Waals surface area contributed by atoms with Gasteiger partial charge in [-0.15, -0.1) is 24.0 Å². The molecule has 1 unspecified atom stereocenters. The number of para-hydroxylation sites is 1. The van der Waals surface area contributed by atoms with E-state index in [1.54, 1.807) is 7.05 Å². The van der Waals surface area contributed by atoms with Crippen LogP contribution >= 0.6 is 24.0 Å². The number of hydrogen-bond donors (Lipinski definition) is 3. The number of amides is 1. The molecule has 1 atom stereocenters. The number of carbonyl (C=O) groups excluding carboxylic acids is 1. The average Bonchev–Trinajstić information content (AvgIpc) is 2.65. The van der Waals surface area contributed by atoms with Gasteiger partial charge in [0.25, 0.3) is 0 Å². The first-order valence-electron chi connectivity index (χ1n) is 9.59. The SMILES string of the molecule is CN=C(NCCC1CCCCC1)NCC1CC(=O)Nc2ccccc21.I. The molecule has 0 aromatic heterocycles. The van der Waals surface area contributed by atoms with Crippen molar-refractivity contribution < 1.29 is 4.79 Å². The highest BCUT2D eigenvalue weighted by atomic mass is 127. The van der Waals surface area contributed by atoms with Crippen LogP contribution in [0.25, 0.3) is 0 Å². The molecule has 0 spiro atoms. The predicted octanol–water partition coefficient (Wildman–Crippen LogP) is 3.87. The Balaban J connectivity index is 0.00000243. The molecule has 1 aliphatic heterocycles. The topological polar surface area (TPSA) is 65.5 Å². The zero-order valence-electron chi connectivity index (χ0n) is 15.6. The van der Waals surface area contributed by atoms with Gasteiger partial charge in [0.05, 0.1) is 0 Å². The standard InChI is InChI=1S/C20H30N4O.HI/c1-21-20(22-12-11-15-7-3-2-4-8-15)23-14-16-13-19(25)24-18-10-6-5-9-17(16)18;/h5-6,9-10,15-16H,2-4,7-8,11-14H2,1H3,(H,24,25)(H2,21,22,23);1H. The van der Waals surface area contributed by atoms with Crippen LogP contribution in [0.5, 0.6) is 0 Å². The summed E-state index contributed by atoms with van der Waals surface area (Å²) in [6.07, 6.45) is 8.67. The summed E-state index contributed by atoms with van der Waals surface area (Å²) < 4.78 is 0. The van der Waals surface area contributed by atoms with E-state index in [1.807, 2.05) is 18.2 Å². The maximum Gasteiger partial charge on any atom is 0.225 e. The molecule has 1 amide bonds. The molecule has 6 heteroatoms. The number of hydrogen-bond acceptors (Lipinski definition) is 2. The molecule has 0 saturated heterocycles. The van der Waals surface area contributed by atoms with Crippen LogP contribution in [0.15, 0.2) is 29.3 Å². The van der Waals surface area contributed by atoms with Gasteiger partial charge in [-0.05, 0) is 24.0 Å². The molecule has 1 aliphatic carbocycles. The highest BCUT2D eigenvalue weighted by molar-refractivity contribution is 14.0. The first-order valence-corrected chi connectivity index (χ1v) is 9.59. The first-order chi connectivity index (χ1) is 12.3. The number of nitrogens with zero attached hydrogens (tertiary/aromatic N) is 1. The second kappa shape index (κ2) is 10.7. The number of aliphatic imine (C=N–C) groups is 1. The Morgan fingerprint density at radius 2 is 1.96 bits per heavy atom. The van der Waals surface area contributed by atoms with E-state index in [-0.39, 0.29) is 35.8 Å². The molecule has 1 aromatic carbocycles. The lowest BCUT2D eigenvalue weighted by atomic mass is 9.87. The Kier molecular flexibility index (Phi) is 8.68. The van der Waals surface area contributed by atoms with E-state index >= 15 is 0 Å². The molecule has 0 radical (unpaired) electrons. The highest BCUT2D eigenvalue weighted by Gasteiger charge is 2.24. The molecule has 0 bridgehead atoms. The van der Waals surface area contributed by atoms with Crippen molar-refractivity contribution in [3.05, 3.63) is 29.8 Å². The number of guanidine groups is 1. The van der Waals surface area contributed by atoms with Crippen LogP contribution in [0.1, 0.15) is 56.4 Å². The summed E-state index contributed by atoms with van der Waals surface area (Å²) in [5, 5.41) is 9.78. The summed E-state index contributed by atoms with van der Waals surface area (Å²) in [7, 11) is 1.80. The number of anilines is 1. The van der Waals surface area contributed by atoms with Crippen molar-refractivity contribution in [1.82, 2.24) is 10.6 Å². The lowest BCUT2D eigenvalue weighted by molar-refractivity contribution is -0.116. The zero-order chi connectivity index (χ0) is 17.5. The van der Waals surface area contributed by atoms with Gasteiger partial charge in [-0.2, -0.15) is 0 Å². The molecule has 1 saturated carbocycles. The fraction of sp³-hybridized carbons (Fsp3) is 0.600. The maximum absolute atomic E-state index is 11.9. The van der Waals surface area contributed by atoms with E-state index in [9.17, 15) is 4.79 Å². The van der Waals surface area contributed by atoms with Gasteiger partial charge in [-0.25, -0.2) is 0 Å². The van der Waals surface area contributed by atoms with Gasteiger partial charge < -0.3 is 16.0 Å². The molecule has 2 aliphatic rings.